The molecule has 0 atom stereocenters. The number of rotatable bonds is 1. The maximum absolute atomic E-state index is 7.07. The summed E-state index contributed by atoms with van der Waals surface area (Å²) in [4.78, 5) is 0. The van der Waals surface area contributed by atoms with Crippen LogP contribution in [-0.4, -0.2) is 5.96 Å². The third kappa shape index (κ3) is 3.06. The second kappa shape index (κ2) is 4.87. The van der Waals surface area contributed by atoms with Gasteiger partial charge in [0, 0.05) is 5.69 Å². The SMILES string of the molecule is Br.Cc1cccc(NC(=N)N)c1C. The van der Waals surface area contributed by atoms with E-state index in [2.05, 4.69) is 5.32 Å². The third-order valence-electron chi connectivity index (χ3n) is 1.87. The van der Waals surface area contributed by atoms with Crippen LogP contribution in [0, 0.1) is 19.3 Å². The van der Waals surface area contributed by atoms with Crippen LogP contribution in [0.2, 0.25) is 0 Å². The molecule has 0 aliphatic heterocycles. The summed E-state index contributed by atoms with van der Waals surface area (Å²) < 4.78 is 0. The lowest BCUT2D eigenvalue weighted by atomic mass is 10.1. The van der Waals surface area contributed by atoms with Crippen molar-refractivity contribution in [3.63, 3.8) is 0 Å². The Balaban J connectivity index is 0.00000144. The van der Waals surface area contributed by atoms with Gasteiger partial charge in [-0.15, -0.1) is 17.0 Å². The summed E-state index contributed by atoms with van der Waals surface area (Å²) in [6.45, 7) is 4.03. The minimum Gasteiger partial charge on any atom is -0.370 e. The van der Waals surface area contributed by atoms with Crippen molar-refractivity contribution in [3.05, 3.63) is 29.3 Å². The molecule has 0 bridgehead atoms. The highest BCUT2D eigenvalue weighted by Gasteiger charge is 1.99. The molecule has 3 nitrogen and oxygen atoms in total. The van der Waals surface area contributed by atoms with Crippen LogP contribution in [0.5, 0.6) is 0 Å². The summed E-state index contributed by atoms with van der Waals surface area (Å²) in [5.74, 6) is -0.0244. The first kappa shape index (κ1) is 12.0. The van der Waals surface area contributed by atoms with Crippen LogP contribution in [0.25, 0.3) is 0 Å². The van der Waals surface area contributed by atoms with Crippen LogP contribution in [0.3, 0.4) is 0 Å². The zero-order valence-electron chi connectivity index (χ0n) is 7.72. The lowest BCUT2D eigenvalue weighted by Crippen LogP contribution is -2.21. The lowest BCUT2D eigenvalue weighted by Gasteiger charge is -2.08. The van der Waals surface area contributed by atoms with Crippen LogP contribution in [0.4, 0.5) is 5.69 Å². The minimum atomic E-state index is -0.0244. The van der Waals surface area contributed by atoms with Crippen molar-refractivity contribution in [3.8, 4) is 0 Å². The zero-order chi connectivity index (χ0) is 9.14. The number of nitrogens with two attached hydrogens (primary N) is 1. The third-order valence-corrected chi connectivity index (χ3v) is 1.87. The molecule has 0 unspecified atom stereocenters. The Morgan fingerprint density at radius 3 is 2.54 bits per heavy atom. The van der Waals surface area contributed by atoms with Crippen molar-refractivity contribution >= 4 is 28.6 Å². The van der Waals surface area contributed by atoms with Crippen LogP contribution in [0.15, 0.2) is 18.2 Å². The van der Waals surface area contributed by atoms with E-state index in [1.54, 1.807) is 0 Å². The van der Waals surface area contributed by atoms with Crippen molar-refractivity contribution < 1.29 is 0 Å². The number of anilines is 1. The van der Waals surface area contributed by atoms with Crippen LogP contribution < -0.4 is 11.1 Å². The summed E-state index contributed by atoms with van der Waals surface area (Å²) in [6, 6.07) is 5.87. The van der Waals surface area contributed by atoms with E-state index in [0.717, 1.165) is 11.3 Å². The van der Waals surface area contributed by atoms with Crippen molar-refractivity contribution in [2.75, 3.05) is 5.32 Å². The van der Waals surface area contributed by atoms with Gasteiger partial charge in [-0.25, -0.2) is 0 Å². The van der Waals surface area contributed by atoms with Crippen molar-refractivity contribution in [1.82, 2.24) is 0 Å². The number of hydrogen-bond acceptors (Lipinski definition) is 1. The highest BCUT2D eigenvalue weighted by Crippen LogP contribution is 2.17. The summed E-state index contributed by atoms with van der Waals surface area (Å²) in [7, 11) is 0. The Morgan fingerprint density at radius 2 is 2.00 bits per heavy atom. The van der Waals surface area contributed by atoms with Gasteiger partial charge >= 0.3 is 0 Å². The molecular formula is C9H14BrN3. The van der Waals surface area contributed by atoms with Crippen LogP contribution in [0.1, 0.15) is 11.1 Å². The summed E-state index contributed by atoms with van der Waals surface area (Å²) >= 11 is 0. The Labute approximate surface area is 88.6 Å². The molecule has 1 rings (SSSR count). The fourth-order valence-corrected chi connectivity index (χ4v) is 1.03. The van der Waals surface area contributed by atoms with E-state index in [9.17, 15) is 0 Å². The monoisotopic (exact) mass is 243 g/mol. The fourth-order valence-electron chi connectivity index (χ4n) is 1.03. The molecule has 13 heavy (non-hydrogen) atoms. The van der Waals surface area contributed by atoms with Gasteiger partial charge in [-0.05, 0) is 31.0 Å². The summed E-state index contributed by atoms with van der Waals surface area (Å²) in [5.41, 5.74) is 8.45. The predicted octanol–water partition coefficient (Wildman–Crippen LogP) is 2.19. The molecule has 4 heteroatoms. The number of aryl methyl sites for hydroxylation is 1. The van der Waals surface area contributed by atoms with E-state index < -0.39 is 0 Å². The number of halogens is 1. The average molecular weight is 244 g/mol. The van der Waals surface area contributed by atoms with Gasteiger partial charge in [0.2, 0.25) is 0 Å². The molecule has 72 valence electrons. The number of nitrogens with one attached hydrogen (secondary N) is 2. The van der Waals surface area contributed by atoms with E-state index in [1.807, 2.05) is 32.0 Å². The van der Waals surface area contributed by atoms with Crippen LogP contribution >= 0.6 is 17.0 Å². The fraction of sp³-hybridized carbons (Fsp3) is 0.222. The Morgan fingerprint density at radius 1 is 1.38 bits per heavy atom. The largest absolute Gasteiger partial charge is 0.370 e. The predicted molar refractivity (Wildman–Crippen MR) is 61.8 cm³/mol. The molecular weight excluding hydrogens is 230 g/mol. The van der Waals surface area contributed by atoms with E-state index in [0.29, 0.717) is 0 Å². The molecule has 0 saturated heterocycles. The first-order chi connectivity index (χ1) is 5.61. The number of benzene rings is 1. The quantitative estimate of drug-likeness (QED) is 0.523. The van der Waals surface area contributed by atoms with Crippen molar-refractivity contribution in [1.29, 1.82) is 5.41 Å². The second-order valence-corrected chi connectivity index (χ2v) is 2.79. The molecule has 0 aliphatic rings. The summed E-state index contributed by atoms with van der Waals surface area (Å²) in [5, 5.41) is 9.84. The first-order valence-corrected chi connectivity index (χ1v) is 3.78. The van der Waals surface area contributed by atoms with E-state index in [1.165, 1.54) is 5.56 Å². The maximum atomic E-state index is 7.07. The van der Waals surface area contributed by atoms with Crippen molar-refractivity contribution in [2.45, 2.75) is 13.8 Å². The molecule has 0 heterocycles. The lowest BCUT2D eigenvalue weighted by molar-refractivity contribution is 1.32. The summed E-state index contributed by atoms with van der Waals surface area (Å²) in [6.07, 6.45) is 0. The minimum absolute atomic E-state index is 0. The highest BCUT2D eigenvalue weighted by molar-refractivity contribution is 8.93. The smallest absolute Gasteiger partial charge is 0.190 e. The molecule has 0 radical (unpaired) electrons. The van der Waals surface area contributed by atoms with Gasteiger partial charge in [0.05, 0.1) is 0 Å². The van der Waals surface area contributed by atoms with Gasteiger partial charge in [0.25, 0.3) is 0 Å². The maximum Gasteiger partial charge on any atom is 0.190 e. The second-order valence-electron chi connectivity index (χ2n) is 2.79. The highest BCUT2D eigenvalue weighted by atomic mass is 79.9. The van der Waals surface area contributed by atoms with Crippen molar-refractivity contribution in [2.24, 2.45) is 5.73 Å². The molecule has 0 aliphatic carbocycles. The standard InChI is InChI=1S/C9H13N3.BrH/c1-6-4-3-5-8(7(6)2)12-9(10)11;/h3-5H,1-2H3,(H4,10,11,12);1H. The molecule has 1 aromatic rings. The molecule has 0 fully saturated rings. The first-order valence-electron chi connectivity index (χ1n) is 3.78. The Hall–Kier alpha value is -1.03. The van der Waals surface area contributed by atoms with Gasteiger partial charge < -0.3 is 11.1 Å². The van der Waals surface area contributed by atoms with Gasteiger partial charge in [-0.2, -0.15) is 0 Å². The molecule has 4 N–H and O–H groups in total. The molecule has 0 spiro atoms. The Kier molecular flexibility index (Phi) is 4.48. The topological polar surface area (TPSA) is 61.9 Å². The van der Waals surface area contributed by atoms with Gasteiger partial charge in [-0.3, -0.25) is 5.41 Å². The number of hydrogen-bond donors (Lipinski definition) is 3. The zero-order valence-corrected chi connectivity index (χ0v) is 9.43. The Bertz CT molecular complexity index is 310. The van der Waals surface area contributed by atoms with E-state index in [-0.39, 0.29) is 22.9 Å². The molecule has 1 aromatic carbocycles. The molecule has 0 amide bonds. The van der Waals surface area contributed by atoms with Gasteiger partial charge in [0.1, 0.15) is 0 Å². The molecule has 0 aromatic heterocycles. The normalized spacial score (nSPS) is 8.77. The van der Waals surface area contributed by atoms with Gasteiger partial charge in [0.15, 0.2) is 5.96 Å². The molecule has 0 saturated carbocycles. The van der Waals surface area contributed by atoms with Gasteiger partial charge in [-0.1, -0.05) is 12.1 Å². The van der Waals surface area contributed by atoms with Crippen LogP contribution in [-0.2, 0) is 0 Å². The van der Waals surface area contributed by atoms with E-state index >= 15 is 0 Å². The van der Waals surface area contributed by atoms with E-state index in [4.69, 9.17) is 11.1 Å². The average Bonchev–Trinajstić information content (AvgIpc) is 1.98. The number of guanidine groups is 1.